The number of hydrogen-bond acceptors (Lipinski definition) is 4. The van der Waals surface area contributed by atoms with Crippen molar-refractivity contribution in [1.29, 1.82) is 0 Å². The van der Waals surface area contributed by atoms with Gasteiger partial charge in [0.2, 0.25) is 0 Å². The number of nitrogens with zero attached hydrogens (tertiary/aromatic N) is 2. The first-order chi connectivity index (χ1) is 6.89. The van der Waals surface area contributed by atoms with Gasteiger partial charge in [0.05, 0.1) is 12.4 Å². The Balaban J connectivity index is 2.51. The van der Waals surface area contributed by atoms with Crippen molar-refractivity contribution < 1.29 is 9.90 Å². The van der Waals surface area contributed by atoms with Crippen LogP contribution in [0.2, 0.25) is 0 Å². The zero-order valence-corrected chi connectivity index (χ0v) is 9.32. The van der Waals surface area contributed by atoms with Crippen LogP contribution in [0.5, 0.6) is 5.75 Å². The summed E-state index contributed by atoms with van der Waals surface area (Å²) < 4.78 is 0. The Bertz CT molecular complexity index is 339. The first kappa shape index (κ1) is 11.6. The highest BCUT2D eigenvalue weighted by molar-refractivity contribution is 5.83. The van der Waals surface area contributed by atoms with Crippen LogP contribution >= 0.6 is 0 Å². The van der Waals surface area contributed by atoms with Crippen molar-refractivity contribution in [3.63, 3.8) is 0 Å². The van der Waals surface area contributed by atoms with E-state index in [0.29, 0.717) is 18.7 Å². The summed E-state index contributed by atoms with van der Waals surface area (Å²) in [6.07, 6.45) is 3.64. The van der Waals surface area contributed by atoms with Gasteiger partial charge >= 0.3 is 0 Å². The van der Waals surface area contributed by atoms with Gasteiger partial charge in [-0.15, -0.1) is 0 Å². The van der Waals surface area contributed by atoms with Crippen LogP contribution in [0.15, 0.2) is 12.4 Å². The summed E-state index contributed by atoms with van der Waals surface area (Å²) >= 11 is 0. The zero-order valence-electron chi connectivity index (χ0n) is 9.32. The predicted octanol–water partition coefficient (Wildman–Crippen LogP) is 1.73. The number of aromatic hydroxyl groups is 1. The Labute approximate surface area is 89.4 Å². The molecule has 0 saturated heterocycles. The fourth-order valence-corrected chi connectivity index (χ4v) is 1.08. The Morgan fingerprint density at radius 1 is 1.33 bits per heavy atom. The lowest BCUT2D eigenvalue weighted by Gasteiger charge is -2.15. The van der Waals surface area contributed by atoms with Gasteiger partial charge in [-0.1, -0.05) is 20.8 Å². The van der Waals surface area contributed by atoms with E-state index >= 15 is 0 Å². The second kappa shape index (κ2) is 4.38. The van der Waals surface area contributed by atoms with E-state index in [1.807, 2.05) is 20.8 Å². The summed E-state index contributed by atoms with van der Waals surface area (Å²) in [5.41, 5.74) is -0.309. The molecule has 0 aliphatic carbocycles. The lowest BCUT2D eigenvalue weighted by atomic mass is 9.88. The molecule has 82 valence electrons. The van der Waals surface area contributed by atoms with Crippen LogP contribution < -0.4 is 0 Å². The zero-order chi connectivity index (χ0) is 11.5. The normalized spacial score (nSPS) is 11.4. The summed E-state index contributed by atoms with van der Waals surface area (Å²) in [6, 6.07) is 0. The van der Waals surface area contributed by atoms with Crippen molar-refractivity contribution in [3.05, 3.63) is 18.2 Å². The maximum absolute atomic E-state index is 11.6. The molecule has 4 nitrogen and oxygen atoms in total. The van der Waals surface area contributed by atoms with Crippen LogP contribution in [0.3, 0.4) is 0 Å². The molecular weight excluding hydrogens is 192 g/mol. The number of rotatable bonds is 3. The lowest BCUT2D eigenvalue weighted by Crippen LogP contribution is -2.20. The van der Waals surface area contributed by atoms with E-state index in [-0.39, 0.29) is 16.9 Å². The van der Waals surface area contributed by atoms with Gasteiger partial charge in [-0.05, 0) is 0 Å². The average molecular weight is 208 g/mol. The minimum absolute atomic E-state index is 0.0425. The fraction of sp³-hybridized carbons (Fsp3) is 0.545. The van der Waals surface area contributed by atoms with Crippen LogP contribution in [0.1, 0.15) is 33.0 Å². The van der Waals surface area contributed by atoms with E-state index < -0.39 is 0 Å². The van der Waals surface area contributed by atoms with E-state index in [4.69, 9.17) is 5.11 Å². The van der Waals surface area contributed by atoms with Crippen molar-refractivity contribution >= 4 is 5.78 Å². The molecule has 0 radical (unpaired) electrons. The van der Waals surface area contributed by atoms with Gasteiger partial charge in [0, 0.05) is 18.3 Å². The van der Waals surface area contributed by atoms with Crippen molar-refractivity contribution in [3.8, 4) is 5.75 Å². The first-order valence-corrected chi connectivity index (χ1v) is 4.93. The molecule has 0 aliphatic rings. The summed E-state index contributed by atoms with van der Waals surface area (Å²) in [4.78, 5) is 19.4. The summed E-state index contributed by atoms with van der Waals surface area (Å²) in [6.45, 7) is 5.69. The largest absolute Gasteiger partial charge is 0.505 e. The first-order valence-electron chi connectivity index (χ1n) is 4.93. The molecule has 4 heteroatoms. The molecule has 0 saturated carbocycles. The van der Waals surface area contributed by atoms with Crippen molar-refractivity contribution in [1.82, 2.24) is 9.97 Å². The molecule has 0 amide bonds. The Hall–Kier alpha value is -1.45. The average Bonchev–Trinajstić information content (AvgIpc) is 2.15. The number of ketones is 1. The highest BCUT2D eigenvalue weighted by atomic mass is 16.3. The third-order valence-electron chi connectivity index (χ3n) is 2.10. The van der Waals surface area contributed by atoms with Gasteiger partial charge in [0.25, 0.3) is 0 Å². The highest BCUT2D eigenvalue weighted by Crippen LogP contribution is 2.17. The van der Waals surface area contributed by atoms with Crippen LogP contribution in [0.25, 0.3) is 0 Å². The Morgan fingerprint density at radius 3 is 2.33 bits per heavy atom. The van der Waals surface area contributed by atoms with Crippen molar-refractivity contribution in [2.45, 2.75) is 33.6 Å². The molecule has 1 N–H and O–H groups in total. The minimum Gasteiger partial charge on any atom is -0.505 e. The number of hydrogen-bond donors (Lipinski definition) is 1. The molecule has 0 bridgehead atoms. The van der Waals surface area contributed by atoms with Gasteiger partial charge in [0.1, 0.15) is 11.6 Å². The summed E-state index contributed by atoms with van der Waals surface area (Å²) in [5, 5.41) is 8.97. The number of aromatic nitrogens is 2. The fourth-order valence-electron chi connectivity index (χ4n) is 1.08. The molecular formula is C11H16N2O2. The number of carbonyl (C=O) groups excluding carboxylic acids is 1. The third-order valence-corrected chi connectivity index (χ3v) is 2.10. The van der Waals surface area contributed by atoms with Gasteiger partial charge in [-0.2, -0.15) is 0 Å². The minimum atomic E-state index is -0.309. The maximum atomic E-state index is 11.6. The number of aryl methyl sites for hydroxylation is 1. The molecule has 0 spiro atoms. The third kappa shape index (κ3) is 3.65. The monoisotopic (exact) mass is 208 g/mol. The van der Waals surface area contributed by atoms with Gasteiger partial charge in [0.15, 0.2) is 5.75 Å². The molecule has 1 heterocycles. The van der Waals surface area contributed by atoms with Crippen molar-refractivity contribution in [2.24, 2.45) is 5.41 Å². The standard InChI is InChI=1S/C11H16N2O2/c1-11(2,3)9(15)4-5-10-12-6-8(14)7-13-10/h6-7,14H,4-5H2,1-3H3. The molecule has 0 aliphatic heterocycles. The van der Waals surface area contributed by atoms with E-state index in [1.54, 1.807) is 0 Å². The quantitative estimate of drug-likeness (QED) is 0.821. The molecule has 15 heavy (non-hydrogen) atoms. The van der Waals surface area contributed by atoms with E-state index in [9.17, 15) is 4.79 Å². The molecule has 1 rings (SSSR count). The Kier molecular flexibility index (Phi) is 3.39. The topological polar surface area (TPSA) is 63.1 Å². The van der Waals surface area contributed by atoms with Gasteiger partial charge < -0.3 is 5.11 Å². The predicted molar refractivity (Wildman–Crippen MR) is 56.5 cm³/mol. The van der Waals surface area contributed by atoms with Crippen LogP contribution in [0, 0.1) is 5.41 Å². The van der Waals surface area contributed by atoms with Crippen LogP contribution in [-0.4, -0.2) is 20.9 Å². The Morgan fingerprint density at radius 2 is 1.87 bits per heavy atom. The molecule has 0 atom stereocenters. The number of carbonyl (C=O) groups is 1. The second-order valence-electron chi connectivity index (χ2n) is 4.53. The van der Waals surface area contributed by atoms with Crippen molar-refractivity contribution in [2.75, 3.05) is 0 Å². The van der Waals surface area contributed by atoms with E-state index in [1.165, 1.54) is 12.4 Å². The second-order valence-corrected chi connectivity index (χ2v) is 4.53. The lowest BCUT2D eigenvalue weighted by molar-refractivity contribution is -0.126. The smallest absolute Gasteiger partial charge is 0.152 e. The molecule has 0 aromatic carbocycles. The van der Waals surface area contributed by atoms with E-state index in [0.717, 1.165) is 0 Å². The van der Waals surface area contributed by atoms with Gasteiger partial charge in [-0.25, -0.2) is 9.97 Å². The maximum Gasteiger partial charge on any atom is 0.152 e. The molecule has 1 aromatic rings. The SMILES string of the molecule is CC(C)(C)C(=O)CCc1ncc(O)cn1. The molecule has 1 aromatic heterocycles. The van der Waals surface area contributed by atoms with Crippen LogP contribution in [0.4, 0.5) is 0 Å². The summed E-state index contributed by atoms with van der Waals surface area (Å²) in [7, 11) is 0. The van der Waals surface area contributed by atoms with Crippen LogP contribution in [-0.2, 0) is 11.2 Å². The number of Topliss-reactive ketones (excluding diaryl/α,β-unsaturated/α-hetero) is 1. The highest BCUT2D eigenvalue weighted by Gasteiger charge is 2.20. The van der Waals surface area contributed by atoms with Gasteiger partial charge in [-0.3, -0.25) is 4.79 Å². The molecule has 0 fully saturated rings. The molecule has 0 unspecified atom stereocenters. The summed E-state index contributed by atoms with van der Waals surface area (Å²) in [5.74, 6) is 0.825. The van der Waals surface area contributed by atoms with E-state index in [2.05, 4.69) is 9.97 Å².